The lowest BCUT2D eigenvalue weighted by molar-refractivity contribution is -0.156. The maximum atomic E-state index is 14.8. The highest BCUT2D eigenvalue weighted by Gasteiger charge is 2.78. The predicted octanol–water partition coefficient (Wildman–Crippen LogP) is 4.80. The van der Waals surface area contributed by atoms with Gasteiger partial charge in [-0.2, -0.15) is 0 Å². The molecule has 7 nitrogen and oxygen atoms in total. The van der Waals surface area contributed by atoms with Crippen LogP contribution in [0.5, 0.6) is 0 Å². The lowest BCUT2D eigenvalue weighted by atomic mass is 9.66. The van der Waals surface area contributed by atoms with Crippen molar-refractivity contribution in [3.63, 3.8) is 0 Å². The van der Waals surface area contributed by atoms with E-state index in [2.05, 4.69) is 13.2 Å². The van der Waals surface area contributed by atoms with Crippen LogP contribution in [0, 0.1) is 11.8 Å². The Balaban J connectivity index is 1.55. The van der Waals surface area contributed by atoms with Gasteiger partial charge in [0.05, 0.1) is 35.8 Å². The van der Waals surface area contributed by atoms with Crippen LogP contribution in [0.3, 0.4) is 0 Å². The van der Waals surface area contributed by atoms with Crippen LogP contribution in [-0.4, -0.2) is 74.0 Å². The molecular weight excluding hydrogens is 560 g/mol. The highest BCUT2D eigenvalue weighted by atomic mass is 32.2. The lowest BCUT2D eigenvalue weighted by Gasteiger charge is -2.39. The SMILES string of the molecule is C=CCCCOC(=O)[C@H]1[C@H]2C(=O)N([C@@H](CO)Cc3ccccc3)C(C(=O)N(CC=C)Cc3ccccc3)C23CC[C@]1(C)S3. The Hall–Kier alpha value is -3.36. The Morgan fingerprint density at radius 2 is 1.77 bits per heavy atom. The maximum Gasteiger partial charge on any atom is 0.311 e. The van der Waals surface area contributed by atoms with E-state index in [-0.39, 0.29) is 31.0 Å². The van der Waals surface area contributed by atoms with Gasteiger partial charge in [-0.1, -0.05) is 72.8 Å². The van der Waals surface area contributed by atoms with E-state index in [0.29, 0.717) is 38.8 Å². The smallest absolute Gasteiger partial charge is 0.311 e. The van der Waals surface area contributed by atoms with Gasteiger partial charge in [0.2, 0.25) is 11.8 Å². The number of thioether (sulfide) groups is 1. The summed E-state index contributed by atoms with van der Waals surface area (Å²) in [4.78, 5) is 46.5. The first-order valence-corrected chi connectivity index (χ1v) is 16.0. The van der Waals surface area contributed by atoms with E-state index in [4.69, 9.17) is 4.74 Å². The number of hydrogen-bond donors (Lipinski definition) is 1. The van der Waals surface area contributed by atoms with Crippen molar-refractivity contribution < 1.29 is 24.2 Å². The Bertz CT molecular complexity index is 1340. The summed E-state index contributed by atoms with van der Waals surface area (Å²) in [5.74, 6) is -2.16. The molecule has 2 unspecified atom stereocenters. The lowest BCUT2D eigenvalue weighted by Crippen LogP contribution is -2.57. The van der Waals surface area contributed by atoms with Crippen molar-refractivity contribution in [2.75, 3.05) is 19.8 Å². The molecule has 0 aromatic heterocycles. The zero-order valence-electron chi connectivity index (χ0n) is 24.9. The van der Waals surface area contributed by atoms with Crippen molar-refractivity contribution in [1.29, 1.82) is 0 Å². The molecule has 0 radical (unpaired) electrons. The molecule has 228 valence electrons. The molecule has 2 amide bonds. The number of rotatable bonds is 14. The summed E-state index contributed by atoms with van der Waals surface area (Å²) in [7, 11) is 0. The van der Waals surface area contributed by atoms with Crippen molar-refractivity contribution in [2.24, 2.45) is 11.8 Å². The molecule has 3 aliphatic rings. The average molecular weight is 603 g/mol. The summed E-state index contributed by atoms with van der Waals surface area (Å²) in [6, 6.07) is 18.0. The summed E-state index contributed by atoms with van der Waals surface area (Å²) in [5.41, 5.74) is 1.94. The number of amides is 2. The van der Waals surface area contributed by atoms with Crippen LogP contribution in [0.25, 0.3) is 0 Å². The normalized spacial score (nSPS) is 27.9. The van der Waals surface area contributed by atoms with Gasteiger partial charge in [-0.3, -0.25) is 14.4 Å². The van der Waals surface area contributed by atoms with E-state index >= 15 is 0 Å². The molecule has 3 saturated heterocycles. The van der Waals surface area contributed by atoms with Gasteiger partial charge in [0.15, 0.2) is 0 Å². The van der Waals surface area contributed by atoms with Gasteiger partial charge in [-0.05, 0) is 50.2 Å². The Kier molecular flexibility index (Phi) is 9.47. The summed E-state index contributed by atoms with van der Waals surface area (Å²) < 4.78 is 4.43. The van der Waals surface area contributed by atoms with E-state index in [9.17, 15) is 19.5 Å². The van der Waals surface area contributed by atoms with Crippen molar-refractivity contribution in [2.45, 2.75) is 67.2 Å². The number of carbonyl (C=O) groups is 3. The van der Waals surface area contributed by atoms with E-state index in [1.165, 1.54) is 0 Å². The highest BCUT2D eigenvalue weighted by molar-refractivity contribution is 8.02. The van der Waals surface area contributed by atoms with Crippen molar-refractivity contribution in [1.82, 2.24) is 9.80 Å². The van der Waals surface area contributed by atoms with Gasteiger partial charge >= 0.3 is 5.97 Å². The standard InChI is InChI=1S/C35H42N2O5S/c1-4-6-13-21-42-33(41)29-28-31(39)37(27(24-38)22-25-14-9-7-10-15-25)30(35(28)19-18-34(29,3)43-35)32(40)36(20-5-2)23-26-16-11-8-12-17-26/h4-5,7-12,14-17,27-30,38H,1-2,6,13,18-24H2,3H3/t27-,28+,29-,30?,34+,35?/m1/s1. The van der Waals surface area contributed by atoms with Crippen LogP contribution in [-0.2, 0) is 32.1 Å². The zero-order valence-corrected chi connectivity index (χ0v) is 25.7. The molecule has 1 spiro atoms. The number of aliphatic hydroxyl groups excluding tert-OH is 1. The van der Waals surface area contributed by atoms with Crippen molar-refractivity contribution in [3.8, 4) is 0 Å². The molecular formula is C35H42N2O5S. The third-order valence-corrected chi connectivity index (χ3v) is 11.3. The van der Waals surface area contributed by atoms with Gasteiger partial charge < -0.3 is 19.6 Å². The van der Waals surface area contributed by atoms with Gasteiger partial charge in [0, 0.05) is 17.8 Å². The van der Waals surface area contributed by atoms with Gasteiger partial charge in [0.1, 0.15) is 6.04 Å². The third-order valence-electron chi connectivity index (χ3n) is 9.29. The van der Waals surface area contributed by atoms with Gasteiger partial charge in [-0.25, -0.2) is 0 Å². The monoisotopic (exact) mass is 602 g/mol. The largest absolute Gasteiger partial charge is 0.465 e. The molecule has 3 fully saturated rings. The molecule has 2 bridgehead atoms. The van der Waals surface area contributed by atoms with Crippen LogP contribution >= 0.6 is 11.8 Å². The third kappa shape index (κ3) is 5.79. The molecule has 8 heteroatoms. The fourth-order valence-electron chi connectivity index (χ4n) is 7.39. The zero-order chi connectivity index (χ0) is 30.6. The number of nitrogens with zero attached hydrogens (tertiary/aromatic N) is 2. The summed E-state index contributed by atoms with van der Waals surface area (Å²) in [6.07, 6.45) is 6.63. The van der Waals surface area contributed by atoms with Crippen molar-refractivity contribution >= 4 is 29.5 Å². The average Bonchev–Trinajstić information content (AvgIpc) is 3.59. The number of hydrogen-bond acceptors (Lipinski definition) is 6. The molecule has 43 heavy (non-hydrogen) atoms. The second-order valence-electron chi connectivity index (χ2n) is 12.1. The number of esters is 1. The van der Waals surface area contributed by atoms with E-state index in [1.807, 2.05) is 67.6 Å². The van der Waals surface area contributed by atoms with Gasteiger partial charge in [0.25, 0.3) is 0 Å². The first-order valence-electron chi connectivity index (χ1n) is 15.2. The Morgan fingerprint density at radius 1 is 1.09 bits per heavy atom. The fraction of sp³-hybridized carbons (Fsp3) is 0.457. The Morgan fingerprint density at radius 3 is 2.40 bits per heavy atom. The molecule has 6 atom stereocenters. The minimum absolute atomic E-state index is 0.178. The Labute approximate surface area is 259 Å². The van der Waals surface area contributed by atoms with E-state index < -0.39 is 33.4 Å². The first-order chi connectivity index (χ1) is 20.8. The number of fused-ring (bicyclic) bond motifs is 1. The van der Waals surface area contributed by atoms with Crippen LogP contribution in [0.4, 0.5) is 0 Å². The molecule has 1 N–H and O–H groups in total. The van der Waals surface area contributed by atoms with Crippen LogP contribution < -0.4 is 0 Å². The first kappa shape index (κ1) is 31.1. The summed E-state index contributed by atoms with van der Waals surface area (Å²) >= 11 is 1.62. The minimum Gasteiger partial charge on any atom is -0.465 e. The highest BCUT2D eigenvalue weighted by Crippen LogP contribution is 2.71. The second kappa shape index (κ2) is 13.1. The number of unbranched alkanes of at least 4 members (excludes halogenated alkanes) is 1. The van der Waals surface area contributed by atoms with E-state index in [1.54, 1.807) is 33.7 Å². The molecule has 0 saturated carbocycles. The number of allylic oxidation sites excluding steroid dienone is 1. The quantitative estimate of drug-likeness (QED) is 0.190. The molecule has 3 aliphatic heterocycles. The number of ether oxygens (including phenoxy) is 1. The second-order valence-corrected chi connectivity index (χ2v) is 14.0. The number of aliphatic hydroxyl groups is 1. The number of benzene rings is 2. The fourth-order valence-corrected chi connectivity index (χ4v) is 9.71. The number of likely N-dealkylation sites (tertiary alicyclic amines) is 1. The summed E-state index contributed by atoms with van der Waals surface area (Å²) in [6.45, 7) is 10.3. The van der Waals surface area contributed by atoms with Gasteiger partial charge in [-0.15, -0.1) is 24.9 Å². The minimum atomic E-state index is -0.833. The molecule has 3 heterocycles. The summed E-state index contributed by atoms with van der Waals surface area (Å²) in [5, 5.41) is 10.7. The molecule has 0 aliphatic carbocycles. The van der Waals surface area contributed by atoms with Crippen LogP contribution in [0.1, 0.15) is 43.7 Å². The molecule has 2 aromatic rings. The topological polar surface area (TPSA) is 87.1 Å². The molecule has 2 aromatic carbocycles. The predicted molar refractivity (Wildman–Crippen MR) is 169 cm³/mol. The number of carbonyl (C=O) groups excluding carboxylic acids is 3. The van der Waals surface area contributed by atoms with Crippen molar-refractivity contribution in [3.05, 3.63) is 97.1 Å². The van der Waals surface area contributed by atoms with Crippen LogP contribution in [0.2, 0.25) is 0 Å². The maximum absolute atomic E-state index is 14.8. The van der Waals surface area contributed by atoms with Crippen LogP contribution in [0.15, 0.2) is 86.0 Å². The van der Waals surface area contributed by atoms with E-state index in [0.717, 1.165) is 17.5 Å². The molecule has 5 rings (SSSR count).